The Morgan fingerprint density at radius 1 is 1.47 bits per heavy atom. The van der Waals surface area contributed by atoms with E-state index >= 15 is 0 Å². The summed E-state index contributed by atoms with van der Waals surface area (Å²) in [6.07, 6.45) is 3.37. The fourth-order valence-electron chi connectivity index (χ4n) is 2.83. The van der Waals surface area contributed by atoms with Gasteiger partial charge in [0.15, 0.2) is 15.5 Å². The van der Waals surface area contributed by atoms with Crippen molar-refractivity contribution >= 4 is 21.0 Å². The molecule has 1 atom stereocenters. The standard InChI is InChI=1S/C13H17N3O2S/c1-2-16-12(10-5-4-8-19(17,18)9-10)15-11-6-3-7-14-13(11)16/h3,6-7,10H,2,4-5,8-9H2,1H3. The van der Waals surface area contributed by atoms with Gasteiger partial charge < -0.3 is 4.57 Å². The maximum absolute atomic E-state index is 11.8. The molecule has 0 saturated carbocycles. The summed E-state index contributed by atoms with van der Waals surface area (Å²) in [6, 6.07) is 3.78. The number of imidazole rings is 1. The van der Waals surface area contributed by atoms with E-state index in [4.69, 9.17) is 0 Å². The molecule has 1 fully saturated rings. The van der Waals surface area contributed by atoms with Crippen LogP contribution in [-0.4, -0.2) is 34.5 Å². The first-order valence-electron chi connectivity index (χ1n) is 6.62. The zero-order valence-corrected chi connectivity index (χ0v) is 11.7. The van der Waals surface area contributed by atoms with E-state index in [1.54, 1.807) is 6.20 Å². The van der Waals surface area contributed by atoms with E-state index in [9.17, 15) is 8.42 Å². The van der Waals surface area contributed by atoms with E-state index < -0.39 is 9.84 Å². The van der Waals surface area contributed by atoms with E-state index in [0.717, 1.165) is 36.4 Å². The van der Waals surface area contributed by atoms with Gasteiger partial charge in [0.25, 0.3) is 0 Å². The van der Waals surface area contributed by atoms with Gasteiger partial charge in [0.1, 0.15) is 11.3 Å². The molecule has 1 aliphatic rings. The van der Waals surface area contributed by atoms with E-state index in [1.165, 1.54) is 0 Å². The van der Waals surface area contributed by atoms with Gasteiger partial charge in [-0.25, -0.2) is 18.4 Å². The average Bonchev–Trinajstić information content (AvgIpc) is 2.76. The lowest BCUT2D eigenvalue weighted by atomic mass is 10.0. The highest BCUT2D eigenvalue weighted by Gasteiger charge is 2.29. The van der Waals surface area contributed by atoms with Crippen molar-refractivity contribution in [2.24, 2.45) is 0 Å². The van der Waals surface area contributed by atoms with Gasteiger partial charge in [0, 0.05) is 18.7 Å². The second kappa shape index (κ2) is 4.59. The molecule has 1 unspecified atom stereocenters. The molecule has 102 valence electrons. The van der Waals surface area contributed by atoms with Crippen LogP contribution in [0.25, 0.3) is 11.2 Å². The number of pyridine rings is 1. The molecule has 1 saturated heterocycles. The first-order chi connectivity index (χ1) is 9.11. The smallest absolute Gasteiger partial charge is 0.159 e. The van der Waals surface area contributed by atoms with Crippen molar-refractivity contribution in [3.8, 4) is 0 Å². The van der Waals surface area contributed by atoms with Gasteiger partial charge in [0.05, 0.1) is 11.5 Å². The normalized spacial score (nSPS) is 22.7. The Morgan fingerprint density at radius 2 is 2.32 bits per heavy atom. The third-order valence-electron chi connectivity index (χ3n) is 3.68. The minimum absolute atomic E-state index is 0.00731. The summed E-state index contributed by atoms with van der Waals surface area (Å²) >= 11 is 0. The summed E-state index contributed by atoms with van der Waals surface area (Å²) in [5.41, 5.74) is 1.70. The van der Waals surface area contributed by atoms with Gasteiger partial charge in [-0.15, -0.1) is 0 Å². The number of aryl methyl sites for hydroxylation is 1. The molecule has 2 aromatic heterocycles. The molecule has 3 rings (SSSR count). The molecule has 0 aromatic carbocycles. The van der Waals surface area contributed by atoms with Gasteiger partial charge in [-0.3, -0.25) is 0 Å². The highest BCUT2D eigenvalue weighted by Crippen LogP contribution is 2.29. The summed E-state index contributed by atoms with van der Waals surface area (Å²) in [5.74, 6) is 1.41. The van der Waals surface area contributed by atoms with Crippen LogP contribution in [-0.2, 0) is 16.4 Å². The third-order valence-corrected chi connectivity index (χ3v) is 5.50. The number of sulfone groups is 1. The van der Waals surface area contributed by atoms with Gasteiger partial charge in [-0.2, -0.15) is 0 Å². The van der Waals surface area contributed by atoms with Crippen LogP contribution in [0.2, 0.25) is 0 Å². The predicted octanol–water partition coefficient (Wildman–Crippen LogP) is 1.74. The van der Waals surface area contributed by atoms with Gasteiger partial charge in [-0.05, 0) is 31.9 Å². The van der Waals surface area contributed by atoms with E-state index in [1.807, 2.05) is 23.6 Å². The molecular formula is C13H17N3O2S. The molecule has 19 heavy (non-hydrogen) atoms. The largest absolute Gasteiger partial charge is 0.313 e. The Morgan fingerprint density at radius 3 is 3.05 bits per heavy atom. The monoisotopic (exact) mass is 279 g/mol. The zero-order chi connectivity index (χ0) is 13.5. The summed E-state index contributed by atoms with van der Waals surface area (Å²) in [6.45, 7) is 2.80. The molecule has 0 N–H and O–H groups in total. The van der Waals surface area contributed by atoms with Gasteiger partial charge >= 0.3 is 0 Å². The molecule has 0 aliphatic carbocycles. The fourth-order valence-corrected chi connectivity index (χ4v) is 4.53. The molecule has 5 nitrogen and oxygen atoms in total. The van der Waals surface area contributed by atoms with Gasteiger partial charge in [-0.1, -0.05) is 0 Å². The van der Waals surface area contributed by atoms with Crippen LogP contribution in [0.15, 0.2) is 18.3 Å². The first kappa shape index (κ1) is 12.6. The highest BCUT2D eigenvalue weighted by molar-refractivity contribution is 7.91. The summed E-state index contributed by atoms with van der Waals surface area (Å²) in [5, 5.41) is 0. The number of aromatic nitrogens is 3. The van der Waals surface area contributed by atoms with Crippen molar-refractivity contribution in [1.82, 2.24) is 14.5 Å². The van der Waals surface area contributed by atoms with E-state index in [-0.39, 0.29) is 11.7 Å². The molecule has 0 spiro atoms. The van der Waals surface area contributed by atoms with Crippen LogP contribution >= 0.6 is 0 Å². The van der Waals surface area contributed by atoms with Crippen LogP contribution in [0.1, 0.15) is 31.5 Å². The Labute approximate surface area is 112 Å². The topological polar surface area (TPSA) is 64.8 Å². The fraction of sp³-hybridized carbons (Fsp3) is 0.538. The van der Waals surface area contributed by atoms with E-state index in [2.05, 4.69) is 9.97 Å². The second-order valence-electron chi connectivity index (χ2n) is 5.01. The summed E-state index contributed by atoms with van der Waals surface area (Å²) in [7, 11) is -2.92. The lowest BCUT2D eigenvalue weighted by Gasteiger charge is -2.22. The first-order valence-corrected chi connectivity index (χ1v) is 8.44. The summed E-state index contributed by atoms with van der Waals surface area (Å²) < 4.78 is 25.6. The number of hydrogen-bond acceptors (Lipinski definition) is 4. The van der Waals surface area contributed by atoms with Gasteiger partial charge in [0.2, 0.25) is 0 Å². The minimum Gasteiger partial charge on any atom is -0.313 e. The Balaban J connectivity index is 2.09. The molecule has 0 radical (unpaired) electrons. The lowest BCUT2D eigenvalue weighted by Crippen LogP contribution is -2.25. The average molecular weight is 279 g/mol. The number of fused-ring (bicyclic) bond motifs is 1. The van der Waals surface area contributed by atoms with Crippen LogP contribution in [0.3, 0.4) is 0 Å². The second-order valence-corrected chi connectivity index (χ2v) is 7.24. The predicted molar refractivity (Wildman–Crippen MR) is 73.8 cm³/mol. The Kier molecular flexibility index (Phi) is 3.05. The maximum Gasteiger partial charge on any atom is 0.159 e. The van der Waals surface area contributed by atoms with Crippen LogP contribution in [0.4, 0.5) is 0 Å². The van der Waals surface area contributed by atoms with Crippen molar-refractivity contribution in [3.63, 3.8) is 0 Å². The van der Waals surface area contributed by atoms with Crippen molar-refractivity contribution in [3.05, 3.63) is 24.2 Å². The highest BCUT2D eigenvalue weighted by atomic mass is 32.2. The minimum atomic E-state index is -2.92. The maximum atomic E-state index is 11.8. The van der Waals surface area contributed by atoms with Crippen molar-refractivity contribution in [2.45, 2.75) is 32.2 Å². The van der Waals surface area contributed by atoms with Crippen molar-refractivity contribution < 1.29 is 8.42 Å². The lowest BCUT2D eigenvalue weighted by molar-refractivity contribution is 0.530. The summed E-state index contributed by atoms with van der Waals surface area (Å²) in [4.78, 5) is 8.96. The molecule has 6 heteroatoms. The van der Waals surface area contributed by atoms with Crippen LogP contribution < -0.4 is 0 Å². The number of nitrogens with zero attached hydrogens (tertiary/aromatic N) is 3. The Bertz CT molecular complexity index is 706. The molecule has 3 heterocycles. The number of rotatable bonds is 2. The van der Waals surface area contributed by atoms with Crippen molar-refractivity contribution in [2.75, 3.05) is 11.5 Å². The third kappa shape index (κ3) is 2.25. The molecule has 1 aliphatic heterocycles. The SMILES string of the molecule is CCn1c(C2CCCS(=O)(=O)C2)nc2cccnc21. The molecular weight excluding hydrogens is 262 g/mol. The number of hydrogen-bond donors (Lipinski definition) is 0. The molecule has 0 bridgehead atoms. The van der Waals surface area contributed by atoms with E-state index in [0.29, 0.717) is 5.75 Å². The molecule has 2 aromatic rings. The molecule has 0 amide bonds. The Hall–Kier alpha value is -1.43. The van der Waals surface area contributed by atoms with Crippen LogP contribution in [0.5, 0.6) is 0 Å². The zero-order valence-electron chi connectivity index (χ0n) is 10.9. The van der Waals surface area contributed by atoms with Crippen molar-refractivity contribution in [1.29, 1.82) is 0 Å². The quantitative estimate of drug-likeness (QED) is 0.840. The van der Waals surface area contributed by atoms with Crippen LogP contribution in [0, 0.1) is 0 Å².